The van der Waals surface area contributed by atoms with Crippen LogP contribution in [0, 0.1) is 0 Å². The molecule has 0 aliphatic rings. The van der Waals surface area contributed by atoms with Crippen molar-refractivity contribution in [3.05, 3.63) is 25.2 Å². The Labute approximate surface area is 48.9 Å². The van der Waals surface area contributed by atoms with E-state index in [4.69, 9.17) is 5.21 Å². The summed E-state index contributed by atoms with van der Waals surface area (Å²) in [5.41, 5.74) is 0. The molecule has 0 saturated heterocycles. The molecule has 46 valence electrons. The zero-order valence-electron chi connectivity index (χ0n) is 4.83. The topological polar surface area (TPSA) is 35.5 Å². The largest absolute Gasteiger partial charge is 0.367 e. The Hall–Kier alpha value is -0.960. The number of hydrogen-bond acceptors (Lipinski definition) is 3. The summed E-state index contributed by atoms with van der Waals surface area (Å²) in [4.78, 5) is 0. The Kier molecular flexibility index (Phi) is 3.70. The summed E-state index contributed by atoms with van der Waals surface area (Å²) in [6.45, 7) is 3.40. The van der Waals surface area contributed by atoms with Crippen LogP contribution in [0.3, 0.4) is 0 Å². The lowest BCUT2D eigenvalue weighted by molar-refractivity contribution is -0.0132. The molecule has 0 amide bonds. The molecule has 3 nitrogen and oxygen atoms in total. The SMILES string of the molecule is C=CN/C=C\N(C)O. The number of nitrogens with one attached hydrogen (secondary N) is 1. The van der Waals surface area contributed by atoms with Gasteiger partial charge in [-0.25, -0.2) is 0 Å². The molecular weight excluding hydrogens is 104 g/mol. The molecule has 0 fully saturated rings. The van der Waals surface area contributed by atoms with Crippen LogP contribution in [0.25, 0.3) is 0 Å². The predicted molar refractivity (Wildman–Crippen MR) is 32.0 cm³/mol. The van der Waals surface area contributed by atoms with E-state index in [0.29, 0.717) is 0 Å². The van der Waals surface area contributed by atoms with Gasteiger partial charge in [-0.2, -0.15) is 0 Å². The van der Waals surface area contributed by atoms with E-state index in [2.05, 4.69) is 11.9 Å². The van der Waals surface area contributed by atoms with Crippen LogP contribution in [0.2, 0.25) is 0 Å². The van der Waals surface area contributed by atoms with Crippen molar-refractivity contribution in [1.29, 1.82) is 0 Å². The summed E-state index contributed by atoms with van der Waals surface area (Å²) in [6, 6.07) is 0. The second kappa shape index (κ2) is 4.21. The number of hydroxylamine groups is 2. The third-order valence-corrected chi connectivity index (χ3v) is 0.504. The molecule has 0 atom stereocenters. The second-order valence-electron chi connectivity index (χ2n) is 1.26. The summed E-state index contributed by atoms with van der Waals surface area (Å²) in [6.07, 6.45) is 4.54. The Balaban J connectivity index is 3.19. The van der Waals surface area contributed by atoms with E-state index in [-0.39, 0.29) is 0 Å². The smallest absolute Gasteiger partial charge is 0.0429 e. The fourth-order valence-electron chi connectivity index (χ4n) is 0.219. The summed E-state index contributed by atoms with van der Waals surface area (Å²) >= 11 is 0. The lowest BCUT2D eigenvalue weighted by Gasteiger charge is -1.99. The van der Waals surface area contributed by atoms with Crippen LogP contribution in [-0.4, -0.2) is 17.3 Å². The van der Waals surface area contributed by atoms with E-state index in [1.54, 1.807) is 6.20 Å². The van der Waals surface area contributed by atoms with E-state index >= 15 is 0 Å². The molecule has 2 N–H and O–H groups in total. The standard InChI is InChI=1S/C5H10N2O/c1-3-6-4-5-7(2)8/h3-6,8H,1H2,2H3/b5-4-. The van der Waals surface area contributed by atoms with Gasteiger partial charge in [-0.05, 0) is 6.20 Å². The predicted octanol–water partition coefficient (Wildman–Crippen LogP) is 0.512. The van der Waals surface area contributed by atoms with Crippen molar-refractivity contribution in [2.75, 3.05) is 7.05 Å². The third kappa shape index (κ3) is 5.04. The molecule has 0 aromatic rings. The first-order valence-electron chi connectivity index (χ1n) is 2.22. The molecule has 0 aromatic carbocycles. The minimum atomic E-state index is 0.941. The fourth-order valence-corrected chi connectivity index (χ4v) is 0.219. The zero-order valence-corrected chi connectivity index (χ0v) is 4.83. The molecule has 0 radical (unpaired) electrons. The number of hydrogen-bond donors (Lipinski definition) is 2. The maximum atomic E-state index is 8.45. The van der Waals surface area contributed by atoms with Crippen molar-refractivity contribution < 1.29 is 5.21 Å². The van der Waals surface area contributed by atoms with Crippen LogP contribution in [0.1, 0.15) is 0 Å². The summed E-state index contributed by atoms with van der Waals surface area (Å²) < 4.78 is 0. The van der Waals surface area contributed by atoms with Gasteiger partial charge in [0.1, 0.15) is 0 Å². The molecule has 0 spiro atoms. The number of nitrogens with zero attached hydrogens (tertiary/aromatic N) is 1. The average Bonchev–Trinajstić information content (AvgIpc) is 1.66. The first-order valence-corrected chi connectivity index (χ1v) is 2.22. The Morgan fingerprint density at radius 3 is 2.75 bits per heavy atom. The maximum Gasteiger partial charge on any atom is 0.0429 e. The van der Waals surface area contributed by atoms with Gasteiger partial charge in [0.05, 0.1) is 0 Å². The van der Waals surface area contributed by atoms with Gasteiger partial charge in [0.25, 0.3) is 0 Å². The lowest BCUT2D eigenvalue weighted by Crippen LogP contribution is -2.03. The van der Waals surface area contributed by atoms with Crippen molar-refractivity contribution in [2.45, 2.75) is 0 Å². The Morgan fingerprint density at radius 2 is 2.38 bits per heavy atom. The van der Waals surface area contributed by atoms with Crippen LogP contribution in [-0.2, 0) is 0 Å². The molecule has 0 saturated carbocycles. The van der Waals surface area contributed by atoms with Gasteiger partial charge in [0, 0.05) is 19.4 Å². The highest BCUT2D eigenvalue weighted by Crippen LogP contribution is 1.71. The normalized spacial score (nSPS) is 9.25. The van der Waals surface area contributed by atoms with Gasteiger partial charge in [-0.15, -0.1) is 0 Å². The summed E-state index contributed by atoms with van der Waals surface area (Å²) in [5.74, 6) is 0. The number of rotatable bonds is 3. The maximum absolute atomic E-state index is 8.45. The summed E-state index contributed by atoms with van der Waals surface area (Å²) in [5, 5.41) is 12.1. The van der Waals surface area contributed by atoms with Gasteiger partial charge in [-0.3, -0.25) is 10.3 Å². The van der Waals surface area contributed by atoms with Gasteiger partial charge < -0.3 is 5.32 Å². The van der Waals surface area contributed by atoms with E-state index in [1.165, 1.54) is 19.4 Å². The van der Waals surface area contributed by atoms with E-state index in [1.807, 2.05) is 0 Å². The van der Waals surface area contributed by atoms with Crippen molar-refractivity contribution in [3.63, 3.8) is 0 Å². The molecule has 0 aromatic heterocycles. The van der Waals surface area contributed by atoms with Gasteiger partial charge in [0.15, 0.2) is 0 Å². The highest BCUT2D eigenvalue weighted by Gasteiger charge is 1.71. The summed E-state index contributed by atoms with van der Waals surface area (Å²) in [7, 11) is 1.52. The minimum Gasteiger partial charge on any atom is -0.367 e. The van der Waals surface area contributed by atoms with Gasteiger partial charge in [-0.1, -0.05) is 6.58 Å². The lowest BCUT2D eigenvalue weighted by atomic mass is 10.8. The highest BCUT2D eigenvalue weighted by atomic mass is 16.5. The molecule has 3 heteroatoms. The monoisotopic (exact) mass is 114 g/mol. The molecule has 0 rings (SSSR count). The zero-order chi connectivity index (χ0) is 6.41. The molecule has 0 aliphatic heterocycles. The first kappa shape index (κ1) is 7.04. The second-order valence-corrected chi connectivity index (χ2v) is 1.26. The molecule has 0 heterocycles. The van der Waals surface area contributed by atoms with E-state index < -0.39 is 0 Å². The van der Waals surface area contributed by atoms with E-state index in [9.17, 15) is 0 Å². The van der Waals surface area contributed by atoms with Crippen molar-refractivity contribution in [1.82, 2.24) is 10.4 Å². The van der Waals surface area contributed by atoms with Crippen molar-refractivity contribution in [2.24, 2.45) is 0 Å². The molecule has 0 unspecified atom stereocenters. The van der Waals surface area contributed by atoms with Crippen LogP contribution >= 0.6 is 0 Å². The first-order chi connectivity index (χ1) is 3.77. The third-order valence-electron chi connectivity index (χ3n) is 0.504. The van der Waals surface area contributed by atoms with Crippen molar-refractivity contribution in [3.8, 4) is 0 Å². The molecular formula is C5H10N2O. The fraction of sp³-hybridized carbons (Fsp3) is 0.200. The average molecular weight is 114 g/mol. The molecule has 0 aliphatic carbocycles. The van der Waals surface area contributed by atoms with Crippen molar-refractivity contribution >= 4 is 0 Å². The van der Waals surface area contributed by atoms with Crippen LogP contribution < -0.4 is 5.32 Å². The quantitative estimate of drug-likeness (QED) is 0.525. The minimum absolute atomic E-state index is 0.941. The van der Waals surface area contributed by atoms with Crippen LogP contribution in [0.15, 0.2) is 25.2 Å². The molecule has 8 heavy (non-hydrogen) atoms. The van der Waals surface area contributed by atoms with Gasteiger partial charge >= 0.3 is 0 Å². The van der Waals surface area contributed by atoms with Crippen LogP contribution in [0.5, 0.6) is 0 Å². The Bertz CT molecular complexity index is 88.4. The molecule has 0 bridgehead atoms. The Morgan fingerprint density at radius 1 is 1.75 bits per heavy atom. The highest BCUT2D eigenvalue weighted by molar-refractivity contribution is 4.79. The van der Waals surface area contributed by atoms with Crippen LogP contribution in [0.4, 0.5) is 0 Å². The van der Waals surface area contributed by atoms with E-state index in [0.717, 1.165) is 5.06 Å². The van der Waals surface area contributed by atoms with Gasteiger partial charge in [0.2, 0.25) is 0 Å².